The lowest BCUT2D eigenvalue weighted by atomic mass is 10.1. The van der Waals surface area contributed by atoms with Crippen LogP contribution in [0.5, 0.6) is 0 Å². The van der Waals surface area contributed by atoms with E-state index in [0.717, 1.165) is 5.56 Å². The highest BCUT2D eigenvalue weighted by Gasteiger charge is 2.23. The van der Waals surface area contributed by atoms with Gasteiger partial charge in [-0.2, -0.15) is 0 Å². The summed E-state index contributed by atoms with van der Waals surface area (Å²) in [6, 6.07) is 16.7. The number of carbonyl (C=O) groups is 2. The van der Waals surface area contributed by atoms with Crippen LogP contribution in [0.2, 0.25) is 0 Å². The Balaban J connectivity index is 1.61. The zero-order valence-corrected chi connectivity index (χ0v) is 13.9. The maximum absolute atomic E-state index is 12.4. The van der Waals surface area contributed by atoms with Crippen molar-refractivity contribution in [2.24, 2.45) is 5.73 Å². The minimum Gasteiger partial charge on any atom is -0.371 e. The average molecular weight is 339 g/mol. The van der Waals surface area contributed by atoms with Crippen molar-refractivity contribution in [1.82, 2.24) is 4.90 Å². The van der Waals surface area contributed by atoms with Crippen LogP contribution in [0.1, 0.15) is 22.0 Å². The molecule has 0 bridgehead atoms. The van der Waals surface area contributed by atoms with Crippen LogP contribution < -0.4 is 11.1 Å². The molecule has 0 aromatic heterocycles. The number of morpholine rings is 1. The summed E-state index contributed by atoms with van der Waals surface area (Å²) in [6.07, 6.45) is -0.0411. The number of ether oxygens (including phenoxy) is 1. The second-order valence-corrected chi connectivity index (χ2v) is 5.96. The molecule has 2 aromatic carbocycles. The van der Waals surface area contributed by atoms with Crippen molar-refractivity contribution in [3.8, 4) is 0 Å². The highest BCUT2D eigenvalue weighted by Crippen LogP contribution is 2.22. The zero-order valence-electron chi connectivity index (χ0n) is 13.9. The van der Waals surface area contributed by atoms with Crippen molar-refractivity contribution >= 4 is 17.5 Å². The number of nitrogens with two attached hydrogens (primary N) is 1. The van der Waals surface area contributed by atoms with Gasteiger partial charge in [-0.3, -0.25) is 14.5 Å². The van der Waals surface area contributed by atoms with Crippen molar-refractivity contribution in [2.45, 2.75) is 6.10 Å². The molecule has 0 unspecified atom stereocenters. The Bertz CT molecular complexity index is 749. The van der Waals surface area contributed by atoms with Gasteiger partial charge in [-0.05, 0) is 17.7 Å². The molecule has 1 atom stereocenters. The molecular formula is C19H21N3O3. The van der Waals surface area contributed by atoms with E-state index in [1.165, 1.54) is 0 Å². The second-order valence-electron chi connectivity index (χ2n) is 5.96. The number of benzene rings is 2. The Hall–Kier alpha value is -2.70. The van der Waals surface area contributed by atoms with Gasteiger partial charge in [0.05, 0.1) is 30.5 Å². The number of carbonyl (C=O) groups excluding carboxylic acids is 2. The molecule has 6 nitrogen and oxygen atoms in total. The van der Waals surface area contributed by atoms with Gasteiger partial charge >= 0.3 is 0 Å². The molecule has 0 aliphatic carbocycles. The van der Waals surface area contributed by atoms with Crippen LogP contribution in [0, 0.1) is 0 Å². The molecule has 0 radical (unpaired) electrons. The number of rotatable bonds is 5. The molecule has 1 aliphatic rings. The van der Waals surface area contributed by atoms with Crippen LogP contribution in [-0.4, -0.2) is 43.0 Å². The van der Waals surface area contributed by atoms with Gasteiger partial charge in [-0.1, -0.05) is 42.5 Å². The molecule has 1 aliphatic heterocycles. The third kappa shape index (κ3) is 4.43. The van der Waals surface area contributed by atoms with Gasteiger partial charge < -0.3 is 15.8 Å². The van der Waals surface area contributed by atoms with Gasteiger partial charge in [0.2, 0.25) is 5.91 Å². The summed E-state index contributed by atoms with van der Waals surface area (Å²) in [5.74, 6) is -0.742. The number of primary amides is 1. The fourth-order valence-corrected chi connectivity index (χ4v) is 2.92. The van der Waals surface area contributed by atoms with Gasteiger partial charge in [0.15, 0.2) is 0 Å². The first-order valence-electron chi connectivity index (χ1n) is 8.21. The lowest BCUT2D eigenvalue weighted by molar-refractivity contribution is -0.119. The third-order valence-electron chi connectivity index (χ3n) is 4.16. The topological polar surface area (TPSA) is 84.7 Å². The SMILES string of the molecule is NC(=O)c1ccccc1NC(=O)CN1CCO[C@H](c2ccccc2)C1. The summed E-state index contributed by atoms with van der Waals surface area (Å²) in [4.78, 5) is 25.8. The van der Waals surface area contributed by atoms with Crippen LogP contribution in [0.25, 0.3) is 0 Å². The molecule has 25 heavy (non-hydrogen) atoms. The first kappa shape index (κ1) is 17.1. The maximum Gasteiger partial charge on any atom is 0.250 e. The van der Waals surface area contributed by atoms with Crippen LogP contribution in [0.3, 0.4) is 0 Å². The third-order valence-corrected chi connectivity index (χ3v) is 4.16. The number of nitrogens with zero attached hydrogens (tertiary/aromatic N) is 1. The molecule has 1 fully saturated rings. The summed E-state index contributed by atoms with van der Waals surface area (Å²) >= 11 is 0. The van der Waals surface area contributed by atoms with Crippen LogP contribution in [-0.2, 0) is 9.53 Å². The van der Waals surface area contributed by atoms with Gasteiger partial charge in [-0.25, -0.2) is 0 Å². The maximum atomic E-state index is 12.4. The molecule has 1 heterocycles. The quantitative estimate of drug-likeness (QED) is 0.870. The number of hydrogen-bond acceptors (Lipinski definition) is 4. The number of hydrogen-bond donors (Lipinski definition) is 2. The van der Waals surface area contributed by atoms with E-state index in [1.807, 2.05) is 35.2 Å². The number of nitrogens with one attached hydrogen (secondary N) is 1. The van der Waals surface area contributed by atoms with Gasteiger partial charge in [0.1, 0.15) is 0 Å². The van der Waals surface area contributed by atoms with E-state index in [1.54, 1.807) is 24.3 Å². The lowest BCUT2D eigenvalue weighted by Gasteiger charge is -2.32. The molecule has 0 spiro atoms. The highest BCUT2D eigenvalue weighted by molar-refractivity contribution is 6.03. The molecule has 2 aromatic rings. The molecule has 3 rings (SSSR count). The van der Waals surface area contributed by atoms with Crippen molar-refractivity contribution in [2.75, 3.05) is 31.6 Å². The predicted molar refractivity (Wildman–Crippen MR) is 95.2 cm³/mol. The number of anilines is 1. The minimum absolute atomic E-state index is 0.0411. The van der Waals surface area contributed by atoms with Gasteiger partial charge in [0, 0.05) is 13.1 Å². The molecule has 1 saturated heterocycles. The van der Waals surface area contributed by atoms with Crippen molar-refractivity contribution in [1.29, 1.82) is 0 Å². The number of amides is 2. The molecule has 130 valence electrons. The average Bonchev–Trinajstić information content (AvgIpc) is 2.63. The van der Waals surface area contributed by atoms with Crippen LogP contribution >= 0.6 is 0 Å². The standard InChI is InChI=1S/C19H21N3O3/c20-19(24)15-8-4-5-9-16(15)21-18(23)13-22-10-11-25-17(12-22)14-6-2-1-3-7-14/h1-9,17H,10-13H2,(H2,20,24)(H,21,23)/t17-/m0/s1. The molecule has 0 saturated carbocycles. The Labute approximate surface area is 146 Å². The first-order chi connectivity index (χ1) is 12.1. The van der Waals surface area contributed by atoms with Gasteiger partial charge in [-0.15, -0.1) is 0 Å². The molecule has 6 heteroatoms. The van der Waals surface area contributed by atoms with Crippen molar-refractivity contribution in [3.63, 3.8) is 0 Å². The van der Waals surface area contributed by atoms with E-state index in [4.69, 9.17) is 10.5 Å². The van der Waals surface area contributed by atoms with E-state index >= 15 is 0 Å². The largest absolute Gasteiger partial charge is 0.371 e. The molecule has 3 N–H and O–H groups in total. The Kier molecular flexibility index (Phi) is 5.42. The summed E-state index contributed by atoms with van der Waals surface area (Å²) in [5.41, 5.74) is 7.19. The zero-order chi connectivity index (χ0) is 17.6. The number of para-hydroxylation sites is 1. The second kappa shape index (κ2) is 7.92. The normalized spacial score (nSPS) is 17.8. The monoisotopic (exact) mass is 339 g/mol. The van der Waals surface area contributed by atoms with Crippen LogP contribution in [0.15, 0.2) is 54.6 Å². The minimum atomic E-state index is -0.564. The Morgan fingerprint density at radius 1 is 1.12 bits per heavy atom. The van der Waals surface area contributed by atoms with Crippen LogP contribution in [0.4, 0.5) is 5.69 Å². The molecular weight excluding hydrogens is 318 g/mol. The summed E-state index contributed by atoms with van der Waals surface area (Å²) in [7, 11) is 0. The predicted octanol–water partition coefficient (Wildman–Crippen LogP) is 1.80. The summed E-state index contributed by atoms with van der Waals surface area (Å²) in [5, 5.41) is 2.77. The highest BCUT2D eigenvalue weighted by atomic mass is 16.5. The molecule has 2 amide bonds. The first-order valence-corrected chi connectivity index (χ1v) is 8.21. The van der Waals surface area contributed by atoms with Crippen molar-refractivity contribution in [3.05, 3.63) is 65.7 Å². The van der Waals surface area contributed by atoms with Crippen molar-refractivity contribution < 1.29 is 14.3 Å². The fourth-order valence-electron chi connectivity index (χ4n) is 2.92. The summed E-state index contributed by atoms with van der Waals surface area (Å²) < 4.78 is 5.81. The Morgan fingerprint density at radius 2 is 1.84 bits per heavy atom. The van der Waals surface area contributed by atoms with E-state index in [2.05, 4.69) is 5.32 Å². The van der Waals surface area contributed by atoms with E-state index in [-0.39, 0.29) is 18.6 Å². The van der Waals surface area contributed by atoms with E-state index in [0.29, 0.717) is 30.9 Å². The fraction of sp³-hybridized carbons (Fsp3) is 0.263. The van der Waals surface area contributed by atoms with E-state index in [9.17, 15) is 9.59 Å². The van der Waals surface area contributed by atoms with E-state index < -0.39 is 5.91 Å². The van der Waals surface area contributed by atoms with Gasteiger partial charge in [0.25, 0.3) is 5.91 Å². The lowest BCUT2D eigenvalue weighted by Crippen LogP contribution is -2.42. The Morgan fingerprint density at radius 3 is 2.60 bits per heavy atom. The summed E-state index contributed by atoms with van der Waals surface area (Å²) in [6.45, 7) is 2.15. The smallest absolute Gasteiger partial charge is 0.250 e.